The van der Waals surface area contributed by atoms with Crippen LogP contribution in [0.4, 0.5) is 0 Å². The van der Waals surface area contributed by atoms with E-state index in [1.165, 1.54) is 36.8 Å². The molecule has 1 aliphatic carbocycles. The first-order valence-electron chi connectivity index (χ1n) is 11.4. The summed E-state index contributed by atoms with van der Waals surface area (Å²) < 4.78 is 6.55. The molecular formula is C26H40O2S. The summed E-state index contributed by atoms with van der Waals surface area (Å²) in [6.45, 7) is 11.3. The van der Waals surface area contributed by atoms with Gasteiger partial charge in [0.2, 0.25) is 0 Å². The van der Waals surface area contributed by atoms with E-state index in [0.29, 0.717) is 17.6 Å². The number of hydrogen-bond acceptors (Lipinski definition) is 3. The van der Waals surface area contributed by atoms with Crippen molar-refractivity contribution in [1.29, 1.82) is 0 Å². The van der Waals surface area contributed by atoms with E-state index in [2.05, 4.69) is 53.0 Å². The third kappa shape index (κ3) is 4.81. The lowest BCUT2D eigenvalue weighted by atomic mass is 9.66. The minimum atomic E-state index is -0.213. The number of ether oxygens (including phenoxy) is 1. The molecule has 0 spiro atoms. The molecule has 0 bridgehead atoms. The largest absolute Gasteiger partial charge is 0.508 e. The van der Waals surface area contributed by atoms with Gasteiger partial charge >= 0.3 is 0 Å². The monoisotopic (exact) mass is 416 g/mol. The fourth-order valence-electron chi connectivity index (χ4n) is 5.30. The maximum absolute atomic E-state index is 11.1. The highest BCUT2D eigenvalue weighted by Gasteiger charge is 2.46. The van der Waals surface area contributed by atoms with Crippen molar-refractivity contribution < 1.29 is 9.84 Å². The first-order chi connectivity index (χ1) is 13.7. The third-order valence-corrected chi connectivity index (χ3v) is 7.81. The van der Waals surface area contributed by atoms with Gasteiger partial charge in [0, 0.05) is 23.2 Å². The lowest BCUT2D eigenvalue weighted by Gasteiger charge is -2.47. The Morgan fingerprint density at radius 3 is 2.66 bits per heavy atom. The quantitative estimate of drug-likeness (QED) is 0.349. The van der Waals surface area contributed by atoms with Crippen LogP contribution in [-0.2, 0) is 5.41 Å². The molecule has 0 radical (unpaired) electrons. The summed E-state index contributed by atoms with van der Waals surface area (Å²) in [5.41, 5.74) is 3.60. The number of phenolic OH excluding ortho intramolecular Hbond substituents is 1. The maximum Gasteiger partial charge on any atom is 0.127 e. The minimum absolute atomic E-state index is 0.0427. The van der Waals surface area contributed by atoms with Crippen molar-refractivity contribution >= 4 is 11.8 Å². The second-order valence-corrected chi connectivity index (χ2v) is 11.1. The highest BCUT2D eigenvalue weighted by molar-refractivity contribution is 7.98. The number of rotatable bonds is 8. The molecule has 0 amide bonds. The Labute approximate surface area is 182 Å². The second kappa shape index (κ2) is 8.96. The van der Waals surface area contributed by atoms with Crippen LogP contribution in [0.3, 0.4) is 0 Å². The molecule has 0 aromatic heterocycles. The highest BCUT2D eigenvalue weighted by Crippen LogP contribution is 2.55. The number of phenols is 1. The molecule has 0 saturated carbocycles. The summed E-state index contributed by atoms with van der Waals surface area (Å²) in [5.74, 6) is 3.21. The number of unbranched alkanes of at least 4 members (excludes halogenated alkanes) is 3. The standard InChI is InChI=1S/C26H40O2S/c1-7-8-9-10-13-25(2,3)19-15-22(27)24-20-14-18(17-29-6)11-12-21(20)26(4,5)28-23(24)16-19/h11,15-16,20-21,27H,7-10,12-14,17H2,1-6H3/t20-,21-/m0/s1. The van der Waals surface area contributed by atoms with Crippen LogP contribution in [0.15, 0.2) is 23.8 Å². The van der Waals surface area contributed by atoms with Crippen LogP contribution in [0.5, 0.6) is 11.5 Å². The Hall–Kier alpha value is -1.09. The number of aromatic hydroxyl groups is 1. The molecule has 1 aromatic rings. The zero-order valence-electron chi connectivity index (χ0n) is 19.3. The Balaban J connectivity index is 1.92. The first-order valence-corrected chi connectivity index (χ1v) is 12.8. The molecule has 2 atom stereocenters. The van der Waals surface area contributed by atoms with Crippen molar-refractivity contribution in [2.75, 3.05) is 12.0 Å². The molecule has 3 rings (SSSR count). The van der Waals surface area contributed by atoms with Crippen LogP contribution in [0.25, 0.3) is 0 Å². The van der Waals surface area contributed by atoms with Gasteiger partial charge in [-0.25, -0.2) is 0 Å². The number of fused-ring (bicyclic) bond motifs is 3. The predicted molar refractivity (Wildman–Crippen MR) is 127 cm³/mol. The number of benzene rings is 1. The topological polar surface area (TPSA) is 29.5 Å². The van der Waals surface area contributed by atoms with Crippen molar-refractivity contribution in [3.8, 4) is 11.5 Å². The predicted octanol–water partition coefficient (Wildman–Crippen LogP) is 7.59. The summed E-state index contributed by atoms with van der Waals surface area (Å²) in [4.78, 5) is 0. The van der Waals surface area contributed by atoms with Crippen molar-refractivity contribution in [2.45, 2.75) is 96.5 Å². The van der Waals surface area contributed by atoms with Gasteiger partial charge in [-0.2, -0.15) is 11.8 Å². The van der Waals surface area contributed by atoms with Crippen molar-refractivity contribution in [1.82, 2.24) is 0 Å². The van der Waals surface area contributed by atoms with Crippen LogP contribution in [-0.4, -0.2) is 22.7 Å². The smallest absolute Gasteiger partial charge is 0.127 e. The molecule has 162 valence electrons. The van der Waals surface area contributed by atoms with Crippen LogP contribution in [0, 0.1) is 5.92 Å². The van der Waals surface area contributed by atoms with Crippen LogP contribution in [0.2, 0.25) is 0 Å². The summed E-state index contributed by atoms with van der Waals surface area (Å²) in [5, 5.41) is 11.1. The van der Waals surface area contributed by atoms with Crippen molar-refractivity contribution in [3.05, 3.63) is 34.9 Å². The molecule has 2 aliphatic rings. The van der Waals surface area contributed by atoms with Gasteiger partial charge in [-0.05, 0) is 62.5 Å². The summed E-state index contributed by atoms with van der Waals surface area (Å²) in [6.07, 6.45) is 12.9. The molecule has 0 unspecified atom stereocenters. The van der Waals surface area contributed by atoms with E-state index in [1.54, 1.807) is 0 Å². The molecular weight excluding hydrogens is 376 g/mol. The Bertz CT molecular complexity index is 747. The van der Waals surface area contributed by atoms with E-state index in [1.807, 2.05) is 17.8 Å². The maximum atomic E-state index is 11.1. The van der Waals surface area contributed by atoms with E-state index < -0.39 is 0 Å². The average molecular weight is 417 g/mol. The van der Waals surface area contributed by atoms with Gasteiger partial charge in [0.1, 0.15) is 17.1 Å². The van der Waals surface area contributed by atoms with Gasteiger partial charge in [-0.15, -0.1) is 0 Å². The SMILES string of the molecule is CCCCCCC(C)(C)c1cc(O)c2c(c1)OC(C)(C)[C@H]1CC=C(CSC)C[C@H]21. The van der Waals surface area contributed by atoms with E-state index in [0.717, 1.165) is 36.3 Å². The van der Waals surface area contributed by atoms with Crippen LogP contribution >= 0.6 is 11.8 Å². The van der Waals surface area contributed by atoms with Gasteiger partial charge in [-0.3, -0.25) is 0 Å². The molecule has 1 N–H and O–H groups in total. The fraction of sp³-hybridized carbons (Fsp3) is 0.692. The van der Waals surface area contributed by atoms with Gasteiger partial charge in [0.15, 0.2) is 0 Å². The average Bonchev–Trinajstić information content (AvgIpc) is 2.64. The van der Waals surface area contributed by atoms with E-state index >= 15 is 0 Å². The molecule has 0 saturated heterocycles. The number of hydrogen-bond donors (Lipinski definition) is 1. The van der Waals surface area contributed by atoms with E-state index in [-0.39, 0.29) is 11.0 Å². The molecule has 3 heteroatoms. The lowest BCUT2D eigenvalue weighted by Crippen LogP contribution is -2.45. The summed E-state index contributed by atoms with van der Waals surface area (Å²) in [7, 11) is 0. The van der Waals surface area contributed by atoms with Gasteiger partial charge in [0.05, 0.1) is 0 Å². The Kier molecular flexibility index (Phi) is 6.98. The molecule has 2 nitrogen and oxygen atoms in total. The minimum Gasteiger partial charge on any atom is -0.508 e. The zero-order valence-corrected chi connectivity index (χ0v) is 20.1. The van der Waals surface area contributed by atoms with Crippen molar-refractivity contribution in [2.24, 2.45) is 5.92 Å². The van der Waals surface area contributed by atoms with Gasteiger partial charge < -0.3 is 9.84 Å². The normalized spacial score (nSPS) is 23.0. The van der Waals surface area contributed by atoms with Gasteiger partial charge in [-0.1, -0.05) is 58.1 Å². The molecule has 1 aromatic carbocycles. The van der Waals surface area contributed by atoms with E-state index in [9.17, 15) is 5.11 Å². The summed E-state index contributed by atoms with van der Waals surface area (Å²) >= 11 is 1.89. The Morgan fingerprint density at radius 1 is 1.21 bits per heavy atom. The van der Waals surface area contributed by atoms with Gasteiger partial charge in [0.25, 0.3) is 0 Å². The summed E-state index contributed by atoms with van der Waals surface area (Å²) in [6, 6.07) is 4.27. The number of allylic oxidation sites excluding steroid dienone is 1. The van der Waals surface area contributed by atoms with Crippen LogP contribution < -0.4 is 4.74 Å². The van der Waals surface area contributed by atoms with Crippen LogP contribution in [0.1, 0.15) is 96.6 Å². The second-order valence-electron chi connectivity index (χ2n) is 10.3. The first kappa shape index (κ1) is 22.6. The lowest BCUT2D eigenvalue weighted by molar-refractivity contribution is 0.00745. The molecule has 1 aliphatic heterocycles. The third-order valence-electron chi connectivity index (χ3n) is 7.15. The highest BCUT2D eigenvalue weighted by atomic mass is 32.2. The zero-order chi connectivity index (χ0) is 21.2. The fourth-order valence-corrected chi connectivity index (χ4v) is 5.90. The molecule has 1 heterocycles. The molecule has 29 heavy (non-hydrogen) atoms. The van der Waals surface area contributed by atoms with Crippen molar-refractivity contribution in [3.63, 3.8) is 0 Å². The van der Waals surface area contributed by atoms with E-state index in [4.69, 9.17) is 4.74 Å². The Morgan fingerprint density at radius 2 is 1.97 bits per heavy atom. The molecule has 0 fully saturated rings. The number of thioether (sulfide) groups is 1.